The van der Waals surface area contributed by atoms with Gasteiger partial charge < -0.3 is 14.7 Å². The Kier molecular flexibility index (Phi) is 11.7. The van der Waals surface area contributed by atoms with Crippen molar-refractivity contribution in [3.63, 3.8) is 0 Å². The fourth-order valence-corrected chi connectivity index (χ4v) is 16.3. The van der Waals surface area contributed by atoms with Crippen LogP contribution in [0.2, 0.25) is 0 Å². The summed E-state index contributed by atoms with van der Waals surface area (Å²) in [5.41, 5.74) is 25.1. The van der Waals surface area contributed by atoms with E-state index in [-0.39, 0.29) is 50.0 Å². The summed E-state index contributed by atoms with van der Waals surface area (Å²) in [4.78, 5) is 7.90. The second-order valence-electron chi connectivity index (χ2n) is 31.1. The first-order valence-corrected chi connectivity index (χ1v) is 30.3. The highest BCUT2D eigenvalue weighted by atomic mass is 32.1. The molecule has 0 radical (unpaired) electrons. The third kappa shape index (κ3) is 8.64. The van der Waals surface area contributed by atoms with E-state index in [0.717, 1.165) is 12.8 Å². The Bertz CT molecular complexity index is 3700. The molecule has 5 heteroatoms. The van der Waals surface area contributed by atoms with Crippen molar-refractivity contribution in [2.24, 2.45) is 0 Å². The number of hydrogen-bond acceptors (Lipinski definition) is 4. The minimum Gasteiger partial charge on any atom is -0.311 e. The topological polar surface area (TPSA) is 9.72 Å². The third-order valence-electron chi connectivity index (χ3n) is 18.8. The summed E-state index contributed by atoms with van der Waals surface area (Å²) in [6, 6.07) is 53.9. The summed E-state index contributed by atoms with van der Waals surface area (Å²) in [6.45, 7) is 47.7. The molecule has 79 heavy (non-hydrogen) atoms. The molecule has 3 heterocycles. The van der Waals surface area contributed by atoms with E-state index in [4.69, 9.17) is 0 Å². The average molecular weight is 1060 g/mol. The van der Waals surface area contributed by atoms with Crippen LogP contribution in [-0.2, 0) is 43.3 Å². The predicted molar refractivity (Wildman–Crippen MR) is 347 cm³/mol. The molecular formula is C74H86BN3S. The summed E-state index contributed by atoms with van der Waals surface area (Å²) in [5, 5.41) is 1.33. The molecule has 406 valence electrons. The maximum Gasteiger partial charge on any atom is 0.264 e. The van der Waals surface area contributed by atoms with Crippen LogP contribution in [-0.4, -0.2) is 6.71 Å². The first kappa shape index (κ1) is 53.6. The first-order chi connectivity index (χ1) is 36.6. The lowest BCUT2D eigenvalue weighted by Crippen LogP contribution is -2.60. The van der Waals surface area contributed by atoms with Crippen molar-refractivity contribution in [1.82, 2.24) is 0 Å². The number of anilines is 9. The molecule has 7 aromatic carbocycles. The standard InChI is InChI=1S/C74H86BN3S/c1-67(2,3)45-21-26-49(27-22-45)77-60-42-53(76(51-30-33-55-57(40-51)73(17,18)43-71(55,13)14)52-31-34-56-58(41-52)74(19,20)44-72(56,15)16)32-35-59(60)75-64-61(77)38-48(70(10,11)12)39-62(64)78(50-28-23-46(24-29-50)68(4,5)6)65-54-37-47(69(7,8)9)25-36-63(54)79-66(65)75/h21-42H,43-44H2,1-20H3. The normalized spacial score (nSPS) is 17.6. The minimum atomic E-state index is -0.147. The summed E-state index contributed by atoms with van der Waals surface area (Å²) in [7, 11) is 0. The van der Waals surface area contributed by atoms with Crippen molar-refractivity contribution in [1.29, 1.82) is 0 Å². The van der Waals surface area contributed by atoms with Crippen LogP contribution in [0, 0.1) is 0 Å². The predicted octanol–water partition coefficient (Wildman–Crippen LogP) is 19.6. The summed E-state index contributed by atoms with van der Waals surface area (Å²) in [5.74, 6) is 0. The van der Waals surface area contributed by atoms with E-state index < -0.39 is 0 Å². The van der Waals surface area contributed by atoms with Crippen molar-refractivity contribution in [2.75, 3.05) is 14.7 Å². The second-order valence-corrected chi connectivity index (χ2v) is 32.2. The number of fused-ring (bicyclic) bond motifs is 8. The van der Waals surface area contributed by atoms with Crippen molar-refractivity contribution in [3.8, 4) is 0 Å². The van der Waals surface area contributed by atoms with Gasteiger partial charge in [-0.3, -0.25) is 0 Å². The zero-order chi connectivity index (χ0) is 56.7. The molecule has 2 aliphatic heterocycles. The molecule has 0 unspecified atom stereocenters. The average Bonchev–Trinajstić information content (AvgIpc) is 2.71. The lowest BCUT2D eigenvalue weighted by Gasteiger charge is -2.44. The summed E-state index contributed by atoms with van der Waals surface area (Å²) in [6.07, 6.45) is 2.25. The van der Waals surface area contributed by atoms with Gasteiger partial charge in [0.2, 0.25) is 0 Å². The van der Waals surface area contributed by atoms with Crippen LogP contribution in [0.15, 0.2) is 133 Å². The van der Waals surface area contributed by atoms with Crippen LogP contribution >= 0.6 is 11.3 Å². The molecule has 0 amide bonds. The van der Waals surface area contributed by atoms with Gasteiger partial charge in [-0.25, -0.2) is 0 Å². The Labute approximate surface area is 479 Å². The molecule has 0 saturated heterocycles. The van der Waals surface area contributed by atoms with Gasteiger partial charge in [-0.1, -0.05) is 187 Å². The zero-order valence-electron chi connectivity index (χ0n) is 51.4. The molecule has 4 aliphatic rings. The number of benzene rings is 7. The smallest absolute Gasteiger partial charge is 0.264 e. The van der Waals surface area contributed by atoms with E-state index in [1.165, 1.54) is 121 Å². The Balaban J connectivity index is 1.17. The summed E-state index contributed by atoms with van der Waals surface area (Å²) < 4.78 is 2.73. The van der Waals surface area contributed by atoms with E-state index in [1.54, 1.807) is 0 Å². The van der Waals surface area contributed by atoms with Crippen LogP contribution in [0.3, 0.4) is 0 Å². The minimum absolute atomic E-state index is 0.00910. The first-order valence-electron chi connectivity index (χ1n) is 29.5. The number of hydrogen-bond donors (Lipinski definition) is 0. The highest BCUT2D eigenvalue weighted by Gasteiger charge is 2.48. The van der Waals surface area contributed by atoms with Crippen LogP contribution in [0.1, 0.15) is 196 Å². The molecule has 2 aliphatic carbocycles. The van der Waals surface area contributed by atoms with Gasteiger partial charge in [0.05, 0.1) is 5.69 Å². The van der Waals surface area contributed by atoms with E-state index >= 15 is 0 Å². The molecule has 1 aromatic heterocycles. The highest BCUT2D eigenvalue weighted by Crippen LogP contribution is 2.55. The number of nitrogens with zero attached hydrogens (tertiary/aromatic N) is 3. The third-order valence-corrected chi connectivity index (χ3v) is 20.1. The van der Waals surface area contributed by atoms with E-state index in [9.17, 15) is 0 Å². The molecule has 3 nitrogen and oxygen atoms in total. The van der Waals surface area contributed by atoms with E-state index in [0.29, 0.717) is 0 Å². The van der Waals surface area contributed by atoms with Crippen molar-refractivity contribution in [3.05, 3.63) is 178 Å². The van der Waals surface area contributed by atoms with Crippen molar-refractivity contribution >= 4 is 95.0 Å². The maximum atomic E-state index is 2.66. The van der Waals surface area contributed by atoms with Crippen LogP contribution in [0.25, 0.3) is 10.1 Å². The van der Waals surface area contributed by atoms with E-state index in [1.807, 2.05) is 11.3 Å². The van der Waals surface area contributed by atoms with Crippen molar-refractivity contribution in [2.45, 2.75) is 195 Å². The Morgan fingerprint density at radius 2 is 0.823 bits per heavy atom. The van der Waals surface area contributed by atoms with Crippen LogP contribution in [0.5, 0.6) is 0 Å². The van der Waals surface area contributed by atoms with Crippen LogP contribution in [0.4, 0.5) is 51.2 Å². The van der Waals surface area contributed by atoms with Gasteiger partial charge in [0.15, 0.2) is 0 Å². The lowest BCUT2D eigenvalue weighted by molar-refractivity contribution is 0.403. The Hall–Kier alpha value is -6.04. The lowest BCUT2D eigenvalue weighted by atomic mass is 9.36. The molecule has 0 atom stereocenters. The van der Waals surface area contributed by atoms with Gasteiger partial charge in [-0.2, -0.15) is 0 Å². The van der Waals surface area contributed by atoms with Gasteiger partial charge in [-0.05, 0) is 197 Å². The molecule has 0 saturated carbocycles. The Morgan fingerprint density at radius 3 is 1.30 bits per heavy atom. The van der Waals surface area contributed by atoms with Gasteiger partial charge >= 0.3 is 0 Å². The molecule has 0 bridgehead atoms. The van der Waals surface area contributed by atoms with Crippen molar-refractivity contribution < 1.29 is 0 Å². The van der Waals surface area contributed by atoms with Gasteiger partial charge in [0, 0.05) is 60.4 Å². The van der Waals surface area contributed by atoms with Crippen LogP contribution < -0.4 is 30.4 Å². The molecule has 12 rings (SSSR count). The Morgan fingerprint density at radius 1 is 0.405 bits per heavy atom. The van der Waals surface area contributed by atoms with Gasteiger partial charge in [0.1, 0.15) is 0 Å². The number of rotatable bonds is 5. The fourth-order valence-electron chi connectivity index (χ4n) is 15.0. The maximum absolute atomic E-state index is 2.66. The largest absolute Gasteiger partial charge is 0.311 e. The molecule has 8 aromatic rings. The van der Waals surface area contributed by atoms with Gasteiger partial charge in [0.25, 0.3) is 6.71 Å². The second kappa shape index (κ2) is 17.2. The SMILES string of the molecule is CC(C)(C)c1ccc(N2c3cc(N(c4ccc5c(c4)C(C)(C)CC5(C)C)c4ccc5c(c4)C(C)(C)CC5(C)C)ccc3B3c4sc5ccc(C(C)(C)C)cc5c4N(c4ccc(C(C)(C)C)cc4)c4cc(C(C)(C)C)cc2c43)cc1. The summed E-state index contributed by atoms with van der Waals surface area (Å²) >= 11 is 1.99. The van der Waals surface area contributed by atoms with E-state index in [2.05, 4.69) is 287 Å². The van der Waals surface area contributed by atoms with Gasteiger partial charge in [-0.15, -0.1) is 11.3 Å². The quantitative estimate of drug-likeness (QED) is 0.159. The zero-order valence-corrected chi connectivity index (χ0v) is 52.3. The molecule has 0 N–H and O–H groups in total. The molecular weight excluding hydrogens is 974 g/mol. The monoisotopic (exact) mass is 1060 g/mol. The molecule has 0 fully saturated rings. The molecule has 0 spiro atoms. The highest BCUT2D eigenvalue weighted by molar-refractivity contribution is 7.33. The number of thiophene rings is 1. The fraction of sp³-hybridized carbons (Fsp3) is 0.405.